The van der Waals surface area contributed by atoms with Crippen molar-refractivity contribution in [1.82, 2.24) is 14.4 Å². The first-order valence-corrected chi connectivity index (χ1v) is 4.27. The second-order valence-electron chi connectivity index (χ2n) is 3.23. The van der Waals surface area contributed by atoms with Gasteiger partial charge in [-0.3, -0.25) is 4.40 Å². The Kier molecular flexibility index (Phi) is 1.10. The Morgan fingerprint density at radius 1 is 1.31 bits per heavy atom. The van der Waals surface area contributed by atoms with Gasteiger partial charge in [-0.2, -0.15) is 0 Å². The number of para-hydroxylation sites is 2. The van der Waals surface area contributed by atoms with Crippen LogP contribution in [0.25, 0.3) is 16.8 Å². The van der Waals surface area contributed by atoms with Gasteiger partial charge in [0.1, 0.15) is 0 Å². The molecule has 0 amide bonds. The summed E-state index contributed by atoms with van der Waals surface area (Å²) in [5.41, 5.74) is 3.32. The van der Waals surface area contributed by atoms with Crippen LogP contribution >= 0.6 is 0 Å². The molecule has 13 heavy (non-hydrogen) atoms. The van der Waals surface area contributed by atoms with Crippen LogP contribution in [0.2, 0.25) is 0 Å². The highest BCUT2D eigenvalue weighted by atomic mass is 15.1. The number of aryl methyl sites for hydroxylation is 1. The number of hydrogen-bond donors (Lipinski definition) is 1. The number of H-pyrrole nitrogens is 1. The molecular formula is C10H9N3. The van der Waals surface area contributed by atoms with Crippen LogP contribution in [0, 0.1) is 6.92 Å². The lowest BCUT2D eigenvalue weighted by molar-refractivity contribution is 1.24. The Labute approximate surface area is 75.0 Å². The number of benzene rings is 1. The van der Waals surface area contributed by atoms with Crippen LogP contribution in [0.5, 0.6) is 0 Å². The number of imidazole rings is 2. The normalized spacial score (nSPS) is 11.5. The predicted molar refractivity (Wildman–Crippen MR) is 51.8 cm³/mol. The third-order valence-corrected chi connectivity index (χ3v) is 2.23. The third-order valence-electron chi connectivity index (χ3n) is 2.23. The van der Waals surface area contributed by atoms with E-state index in [0.29, 0.717) is 0 Å². The fraction of sp³-hybridized carbons (Fsp3) is 0.100. The average molecular weight is 171 g/mol. The van der Waals surface area contributed by atoms with Gasteiger partial charge in [0, 0.05) is 11.9 Å². The molecule has 0 aliphatic heterocycles. The summed E-state index contributed by atoms with van der Waals surface area (Å²) >= 11 is 0. The lowest BCUT2D eigenvalue weighted by Gasteiger charge is -1.86. The zero-order valence-corrected chi connectivity index (χ0v) is 7.28. The van der Waals surface area contributed by atoms with Gasteiger partial charge in [0.2, 0.25) is 5.78 Å². The molecule has 0 bridgehead atoms. The smallest absolute Gasteiger partial charge is 0.212 e. The van der Waals surface area contributed by atoms with E-state index < -0.39 is 0 Å². The minimum Gasteiger partial charge on any atom is -0.328 e. The number of rotatable bonds is 0. The van der Waals surface area contributed by atoms with Crippen molar-refractivity contribution in [1.29, 1.82) is 0 Å². The number of fused-ring (bicyclic) bond motifs is 3. The molecule has 0 unspecified atom stereocenters. The van der Waals surface area contributed by atoms with E-state index in [-0.39, 0.29) is 0 Å². The summed E-state index contributed by atoms with van der Waals surface area (Å²) in [6.07, 6.45) is 2.06. The maximum Gasteiger partial charge on any atom is 0.212 e. The van der Waals surface area contributed by atoms with Gasteiger partial charge in [-0.05, 0) is 19.1 Å². The minimum atomic E-state index is 0.915. The number of hydrogen-bond acceptors (Lipinski definition) is 1. The van der Waals surface area contributed by atoms with Crippen molar-refractivity contribution in [3.8, 4) is 0 Å². The molecule has 0 aliphatic rings. The van der Waals surface area contributed by atoms with Crippen molar-refractivity contribution in [3.05, 3.63) is 36.2 Å². The number of nitrogens with zero attached hydrogens (tertiary/aromatic N) is 2. The summed E-state index contributed by atoms with van der Waals surface area (Å²) in [6, 6.07) is 8.12. The molecular weight excluding hydrogens is 162 g/mol. The van der Waals surface area contributed by atoms with Gasteiger partial charge in [0.25, 0.3) is 0 Å². The maximum atomic E-state index is 4.44. The van der Waals surface area contributed by atoms with Crippen LogP contribution in [0.1, 0.15) is 5.69 Å². The largest absolute Gasteiger partial charge is 0.328 e. The average Bonchev–Trinajstić information content (AvgIpc) is 2.60. The van der Waals surface area contributed by atoms with Crippen LogP contribution in [0.4, 0.5) is 0 Å². The first kappa shape index (κ1) is 6.71. The van der Waals surface area contributed by atoms with Crippen LogP contribution in [0.15, 0.2) is 30.5 Å². The Hall–Kier alpha value is -1.77. The Bertz CT molecular complexity index is 574. The van der Waals surface area contributed by atoms with E-state index >= 15 is 0 Å². The van der Waals surface area contributed by atoms with Gasteiger partial charge in [0.15, 0.2) is 0 Å². The SMILES string of the molecule is Cc1cn2c(nc3ccccc32)[nH]1. The Morgan fingerprint density at radius 2 is 2.15 bits per heavy atom. The quantitative estimate of drug-likeness (QED) is 0.552. The van der Waals surface area contributed by atoms with Gasteiger partial charge in [-0.25, -0.2) is 4.98 Å². The zero-order chi connectivity index (χ0) is 8.84. The molecule has 2 aromatic heterocycles. The van der Waals surface area contributed by atoms with Crippen molar-refractivity contribution in [2.24, 2.45) is 0 Å². The zero-order valence-electron chi connectivity index (χ0n) is 7.28. The fourth-order valence-corrected chi connectivity index (χ4v) is 1.67. The molecule has 0 radical (unpaired) electrons. The van der Waals surface area contributed by atoms with E-state index in [9.17, 15) is 0 Å². The summed E-state index contributed by atoms with van der Waals surface area (Å²) in [4.78, 5) is 7.64. The maximum absolute atomic E-state index is 4.44. The van der Waals surface area contributed by atoms with Gasteiger partial charge in [0.05, 0.1) is 11.0 Å². The van der Waals surface area contributed by atoms with Crippen LogP contribution in [0.3, 0.4) is 0 Å². The summed E-state index contributed by atoms with van der Waals surface area (Å²) in [7, 11) is 0. The molecule has 3 nitrogen and oxygen atoms in total. The molecule has 0 saturated heterocycles. The van der Waals surface area contributed by atoms with E-state index in [1.807, 2.05) is 25.1 Å². The van der Waals surface area contributed by atoms with Crippen LogP contribution < -0.4 is 0 Å². The standard InChI is InChI=1S/C10H9N3/c1-7-6-13-9-5-3-2-4-8(9)12-10(13)11-7/h2-6H,1H3,(H,11,12). The van der Waals surface area contributed by atoms with Gasteiger partial charge in [-0.1, -0.05) is 12.1 Å². The Balaban J connectivity index is 2.60. The molecule has 0 spiro atoms. The lowest BCUT2D eigenvalue weighted by Crippen LogP contribution is -1.74. The van der Waals surface area contributed by atoms with Crippen molar-refractivity contribution < 1.29 is 0 Å². The first-order valence-electron chi connectivity index (χ1n) is 4.27. The van der Waals surface area contributed by atoms with Crippen LogP contribution in [-0.2, 0) is 0 Å². The summed E-state index contributed by atoms with van der Waals surface area (Å²) in [5.74, 6) is 0.915. The van der Waals surface area contributed by atoms with Crippen molar-refractivity contribution >= 4 is 16.8 Å². The van der Waals surface area contributed by atoms with Crippen molar-refractivity contribution in [2.75, 3.05) is 0 Å². The molecule has 2 heterocycles. The molecule has 0 saturated carbocycles. The molecule has 0 atom stereocenters. The lowest BCUT2D eigenvalue weighted by atomic mass is 10.3. The molecule has 1 N–H and O–H groups in total. The predicted octanol–water partition coefficient (Wildman–Crippen LogP) is 2.12. The van der Waals surface area contributed by atoms with Crippen molar-refractivity contribution in [2.45, 2.75) is 6.92 Å². The molecule has 0 fully saturated rings. The monoisotopic (exact) mass is 171 g/mol. The van der Waals surface area contributed by atoms with E-state index in [4.69, 9.17) is 0 Å². The highest BCUT2D eigenvalue weighted by molar-refractivity contribution is 5.79. The van der Waals surface area contributed by atoms with Crippen molar-refractivity contribution in [3.63, 3.8) is 0 Å². The van der Waals surface area contributed by atoms with E-state index in [2.05, 4.69) is 26.6 Å². The molecule has 0 aliphatic carbocycles. The Morgan fingerprint density at radius 3 is 3.08 bits per heavy atom. The van der Waals surface area contributed by atoms with E-state index in [1.165, 1.54) is 0 Å². The molecule has 64 valence electrons. The molecule has 3 rings (SSSR count). The number of aromatic nitrogens is 3. The number of aromatic amines is 1. The number of nitrogens with one attached hydrogen (secondary N) is 1. The van der Waals surface area contributed by atoms with Gasteiger partial charge in [-0.15, -0.1) is 0 Å². The molecule has 3 aromatic rings. The minimum absolute atomic E-state index is 0.915. The second kappa shape index (κ2) is 2.13. The summed E-state index contributed by atoms with van der Waals surface area (Å²) in [5, 5.41) is 0. The first-order chi connectivity index (χ1) is 6.34. The van der Waals surface area contributed by atoms with Gasteiger partial charge >= 0.3 is 0 Å². The fourth-order valence-electron chi connectivity index (χ4n) is 1.67. The highest BCUT2D eigenvalue weighted by Crippen LogP contribution is 2.15. The summed E-state index contributed by atoms with van der Waals surface area (Å²) < 4.78 is 2.07. The third kappa shape index (κ3) is 0.811. The summed E-state index contributed by atoms with van der Waals surface area (Å²) in [6.45, 7) is 2.03. The molecule has 3 heteroatoms. The van der Waals surface area contributed by atoms with E-state index in [1.54, 1.807) is 0 Å². The van der Waals surface area contributed by atoms with E-state index in [0.717, 1.165) is 22.5 Å². The second-order valence-corrected chi connectivity index (χ2v) is 3.23. The van der Waals surface area contributed by atoms with Crippen LogP contribution in [-0.4, -0.2) is 14.4 Å². The molecule has 1 aromatic carbocycles. The topological polar surface area (TPSA) is 33.1 Å². The van der Waals surface area contributed by atoms with Gasteiger partial charge < -0.3 is 4.98 Å². The highest BCUT2D eigenvalue weighted by Gasteiger charge is 2.04.